The van der Waals surface area contributed by atoms with E-state index in [1.165, 1.54) is 12.8 Å². The Morgan fingerprint density at radius 3 is 1.05 bits per heavy atom. The number of carboxylic acids is 3. The number of hydrogen-bond acceptors (Lipinski definition) is 6. The molecule has 37 heavy (non-hydrogen) atoms. The van der Waals surface area contributed by atoms with Crippen LogP contribution in [0.2, 0.25) is 0 Å². The normalized spacial score (nSPS) is 13.9. The SMILES string of the molecule is CCCCC(C)(CCC)C(=O)[O-].CCCCC(C)(CCC)C(=O)[O-].CCCCCCC(C)(C)C(=O)[O-].[Er+3]. The Morgan fingerprint density at radius 1 is 0.459 bits per heavy atom. The smallest absolute Gasteiger partial charge is 0.550 e. The summed E-state index contributed by atoms with van der Waals surface area (Å²) in [4.78, 5) is 32.2. The Bertz CT molecular complexity index is 559. The molecule has 0 spiro atoms. The van der Waals surface area contributed by atoms with Gasteiger partial charge in [0.1, 0.15) is 0 Å². The number of carboxylic acid groups (broad SMARTS) is 3. The molecule has 0 amide bonds. The molecule has 2 unspecified atom stereocenters. The summed E-state index contributed by atoms with van der Waals surface area (Å²) in [6.07, 6.45) is 14.1. The van der Waals surface area contributed by atoms with Crippen molar-refractivity contribution in [3.05, 3.63) is 0 Å². The monoisotopic (exact) mass is 679 g/mol. The summed E-state index contributed by atoms with van der Waals surface area (Å²) in [6, 6.07) is 0. The Morgan fingerprint density at radius 2 is 0.811 bits per heavy atom. The maximum absolute atomic E-state index is 10.8. The summed E-state index contributed by atoms with van der Waals surface area (Å²) in [5.74, 6) is -2.71. The average Bonchev–Trinajstić information content (AvgIpc) is 2.80. The summed E-state index contributed by atoms with van der Waals surface area (Å²) < 4.78 is 0. The molecule has 0 saturated heterocycles. The number of rotatable bonds is 18. The minimum absolute atomic E-state index is 0. The van der Waals surface area contributed by atoms with Crippen LogP contribution in [0.3, 0.4) is 0 Å². The summed E-state index contributed by atoms with van der Waals surface area (Å²) in [7, 11) is 0. The third-order valence-electron chi connectivity index (χ3n) is 6.96. The summed E-state index contributed by atoms with van der Waals surface area (Å²) in [5.41, 5.74) is -1.83. The van der Waals surface area contributed by atoms with Crippen molar-refractivity contribution in [3.63, 3.8) is 0 Å². The third kappa shape index (κ3) is 22.2. The van der Waals surface area contributed by atoms with Crippen LogP contribution in [0.5, 0.6) is 0 Å². The van der Waals surface area contributed by atoms with Crippen molar-refractivity contribution in [1.82, 2.24) is 0 Å². The quantitative estimate of drug-likeness (QED) is 0.184. The van der Waals surface area contributed by atoms with E-state index in [1.807, 2.05) is 13.8 Å². The molecule has 0 bridgehead atoms. The van der Waals surface area contributed by atoms with Gasteiger partial charge in [-0.05, 0) is 32.1 Å². The molecule has 0 aliphatic carbocycles. The van der Waals surface area contributed by atoms with E-state index >= 15 is 0 Å². The first-order valence-corrected chi connectivity index (χ1v) is 14.3. The molecule has 6 nitrogen and oxygen atoms in total. The number of aliphatic carboxylic acids is 3. The van der Waals surface area contributed by atoms with E-state index in [0.717, 1.165) is 83.5 Å². The fourth-order valence-corrected chi connectivity index (χ4v) is 3.99. The molecule has 0 aliphatic heterocycles. The molecule has 0 aromatic carbocycles. The Labute approximate surface area is 258 Å². The van der Waals surface area contributed by atoms with Crippen molar-refractivity contribution in [2.75, 3.05) is 0 Å². The van der Waals surface area contributed by atoms with E-state index in [9.17, 15) is 29.7 Å². The summed E-state index contributed by atoms with van der Waals surface area (Å²) in [5, 5.41) is 32.2. The summed E-state index contributed by atoms with van der Waals surface area (Å²) in [6.45, 7) is 17.3. The predicted molar refractivity (Wildman–Crippen MR) is 143 cm³/mol. The maximum atomic E-state index is 10.8. The van der Waals surface area contributed by atoms with Crippen LogP contribution in [0.1, 0.15) is 159 Å². The number of carbonyl (C=O) groups excluding carboxylic acids is 3. The molecular formula is C30H57ErO6. The van der Waals surface area contributed by atoms with Gasteiger partial charge in [0.05, 0.1) is 0 Å². The van der Waals surface area contributed by atoms with E-state index in [4.69, 9.17) is 0 Å². The zero-order valence-electron chi connectivity index (χ0n) is 25.3. The zero-order valence-corrected chi connectivity index (χ0v) is 27.2. The topological polar surface area (TPSA) is 120 Å². The molecule has 0 saturated carbocycles. The van der Waals surface area contributed by atoms with Crippen molar-refractivity contribution in [3.8, 4) is 0 Å². The average molecular weight is 681 g/mol. The molecule has 1 radical (unpaired) electrons. The fourth-order valence-electron chi connectivity index (χ4n) is 3.99. The first-order valence-electron chi connectivity index (χ1n) is 14.3. The molecular weight excluding hydrogens is 624 g/mol. The second-order valence-corrected chi connectivity index (χ2v) is 11.4. The first-order chi connectivity index (χ1) is 16.6. The minimum Gasteiger partial charge on any atom is -0.550 e. The Balaban J connectivity index is -0.000000218. The van der Waals surface area contributed by atoms with E-state index in [-0.39, 0.29) is 37.3 Å². The second-order valence-electron chi connectivity index (χ2n) is 11.4. The summed E-state index contributed by atoms with van der Waals surface area (Å²) >= 11 is 0. The van der Waals surface area contributed by atoms with E-state index in [2.05, 4.69) is 20.8 Å². The molecule has 0 rings (SSSR count). The van der Waals surface area contributed by atoms with Crippen LogP contribution in [0, 0.1) is 53.6 Å². The van der Waals surface area contributed by atoms with Gasteiger partial charge in [0.25, 0.3) is 0 Å². The largest absolute Gasteiger partial charge is 3.00 e. The number of unbranched alkanes of at least 4 members (excludes halogenated alkanes) is 5. The first kappa shape index (κ1) is 43.7. The van der Waals surface area contributed by atoms with Crippen LogP contribution in [-0.2, 0) is 14.4 Å². The van der Waals surface area contributed by atoms with Crippen LogP contribution in [0.4, 0.5) is 0 Å². The maximum Gasteiger partial charge on any atom is 3.00 e. The van der Waals surface area contributed by atoms with E-state index in [1.54, 1.807) is 27.7 Å². The van der Waals surface area contributed by atoms with Crippen molar-refractivity contribution in [1.29, 1.82) is 0 Å². The van der Waals surface area contributed by atoms with Crippen LogP contribution in [0.25, 0.3) is 0 Å². The molecule has 0 heterocycles. The van der Waals surface area contributed by atoms with Gasteiger partial charge in [-0.3, -0.25) is 0 Å². The van der Waals surface area contributed by atoms with Gasteiger partial charge in [-0.1, -0.05) is 127 Å². The third-order valence-corrected chi connectivity index (χ3v) is 6.96. The van der Waals surface area contributed by atoms with Gasteiger partial charge in [-0.25, -0.2) is 0 Å². The van der Waals surface area contributed by atoms with Gasteiger partial charge in [0, 0.05) is 34.2 Å². The van der Waals surface area contributed by atoms with Crippen molar-refractivity contribution >= 4 is 17.9 Å². The van der Waals surface area contributed by atoms with Gasteiger partial charge >= 0.3 is 37.3 Å². The predicted octanol–water partition coefficient (Wildman–Crippen LogP) is 5.20. The molecule has 0 aromatic heterocycles. The van der Waals surface area contributed by atoms with Crippen LogP contribution >= 0.6 is 0 Å². The van der Waals surface area contributed by atoms with Gasteiger partial charge in [0.2, 0.25) is 0 Å². The van der Waals surface area contributed by atoms with Crippen molar-refractivity contribution in [2.24, 2.45) is 16.2 Å². The van der Waals surface area contributed by atoms with Crippen molar-refractivity contribution < 1.29 is 67.0 Å². The molecule has 0 fully saturated rings. The van der Waals surface area contributed by atoms with Gasteiger partial charge < -0.3 is 29.7 Å². The zero-order chi connectivity index (χ0) is 28.8. The second kappa shape index (κ2) is 24.7. The Kier molecular flexibility index (Phi) is 29.1. The molecule has 7 heteroatoms. The number of hydrogen-bond donors (Lipinski definition) is 0. The number of carbonyl (C=O) groups is 3. The molecule has 2 atom stereocenters. The molecule has 0 aromatic rings. The molecule has 0 N–H and O–H groups in total. The van der Waals surface area contributed by atoms with Crippen molar-refractivity contribution in [2.45, 2.75) is 159 Å². The Hall–Kier alpha value is -0.343. The van der Waals surface area contributed by atoms with Crippen LogP contribution in [0.15, 0.2) is 0 Å². The van der Waals surface area contributed by atoms with E-state index in [0.29, 0.717) is 0 Å². The van der Waals surface area contributed by atoms with Gasteiger partial charge in [-0.15, -0.1) is 0 Å². The van der Waals surface area contributed by atoms with Crippen LogP contribution in [-0.4, -0.2) is 17.9 Å². The van der Waals surface area contributed by atoms with Gasteiger partial charge in [0.15, 0.2) is 0 Å². The fraction of sp³-hybridized carbons (Fsp3) is 0.900. The minimum atomic E-state index is -0.931. The standard InChI is InChI=1S/3C10H20O2.Er/c1-4-5-6-7-8-10(2,3)9(11)12;2*1-4-6-8-10(3,7-5-2)9(11)12;/h3*4-8H2,1-3H3,(H,11,12);/q;;;+3/p-3. The molecule has 0 aliphatic rings. The van der Waals surface area contributed by atoms with Gasteiger partial charge in [-0.2, -0.15) is 0 Å². The van der Waals surface area contributed by atoms with Crippen LogP contribution < -0.4 is 15.3 Å². The van der Waals surface area contributed by atoms with E-state index < -0.39 is 34.2 Å². The molecule has 225 valence electrons.